The maximum atomic E-state index is 11.6. The smallest absolute Gasteiger partial charge is 0.335 e. The lowest BCUT2D eigenvalue weighted by atomic mass is 9.95. The van der Waals surface area contributed by atoms with Crippen LogP contribution in [0.25, 0.3) is 33.5 Å². The molecule has 1 heterocycles. The minimum atomic E-state index is -0.948. The number of halogens is 1. The molecule has 1 aliphatic carbocycles. The molecule has 40 heavy (non-hydrogen) atoms. The Hall–Kier alpha value is -4.29. The van der Waals surface area contributed by atoms with Crippen molar-refractivity contribution in [2.75, 3.05) is 5.73 Å². The lowest BCUT2D eigenvalue weighted by molar-refractivity contribution is 0.0697. The summed E-state index contributed by atoms with van der Waals surface area (Å²) < 4.78 is 8.50. The van der Waals surface area contributed by atoms with E-state index in [1.165, 1.54) is 19.3 Å². The number of ether oxygens (including phenoxy) is 1. The molecule has 6 rings (SSSR count). The van der Waals surface area contributed by atoms with Gasteiger partial charge in [-0.1, -0.05) is 49.1 Å². The van der Waals surface area contributed by atoms with Crippen molar-refractivity contribution in [3.05, 3.63) is 101 Å². The van der Waals surface area contributed by atoms with Crippen molar-refractivity contribution in [2.24, 2.45) is 0 Å². The summed E-state index contributed by atoms with van der Waals surface area (Å²) in [5.41, 5.74) is 12.8. The first-order valence-electron chi connectivity index (χ1n) is 13.6. The number of carboxylic acid groups (broad SMARTS) is 1. The van der Waals surface area contributed by atoms with Crippen molar-refractivity contribution >= 4 is 34.3 Å². The summed E-state index contributed by atoms with van der Waals surface area (Å²) in [6.45, 7) is 0.362. The van der Waals surface area contributed by atoms with Gasteiger partial charge in [0.1, 0.15) is 18.2 Å². The van der Waals surface area contributed by atoms with E-state index in [1.54, 1.807) is 12.1 Å². The quantitative estimate of drug-likeness (QED) is 0.198. The average Bonchev–Trinajstić information content (AvgIpc) is 3.36. The van der Waals surface area contributed by atoms with Crippen LogP contribution in [0.3, 0.4) is 0 Å². The van der Waals surface area contributed by atoms with Crippen molar-refractivity contribution in [3.63, 3.8) is 0 Å². The van der Waals surface area contributed by atoms with E-state index in [0.717, 1.165) is 52.2 Å². The van der Waals surface area contributed by atoms with Crippen LogP contribution in [0, 0.1) is 0 Å². The van der Waals surface area contributed by atoms with E-state index in [0.29, 0.717) is 28.9 Å². The molecule has 1 aliphatic rings. The average molecular weight is 552 g/mol. The SMILES string of the molecule is Nc1ccc(-c2ccc(Cl)cc2)c(COc2ccc(-c3nc4cc(C(=O)O)ccc4n3C3CCCCC3)cc2)c1. The topological polar surface area (TPSA) is 90.4 Å². The number of nitrogens with two attached hydrogens (primary N) is 1. The minimum Gasteiger partial charge on any atom is -0.489 e. The summed E-state index contributed by atoms with van der Waals surface area (Å²) in [5.74, 6) is 0.648. The molecular weight excluding hydrogens is 522 g/mol. The molecule has 0 aliphatic heterocycles. The normalized spacial score (nSPS) is 13.9. The van der Waals surface area contributed by atoms with Gasteiger partial charge in [-0.25, -0.2) is 9.78 Å². The van der Waals surface area contributed by atoms with Gasteiger partial charge in [-0.2, -0.15) is 0 Å². The molecule has 1 aromatic heterocycles. The van der Waals surface area contributed by atoms with Gasteiger partial charge in [-0.05, 0) is 96.3 Å². The number of carboxylic acids is 1. The Bertz CT molecular complexity index is 1670. The van der Waals surface area contributed by atoms with Crippen LogP contribution in [0.15, 0.2) is 84.9 Å². The summed E-state index contributed by atoms with van der Waals surface area (Å²) in [4.78, 5) is 16.5. The van der Waals surface area contributed by atoms with Crippen molar-refractivity contribution in [2.45, 2.75) is 44.8 Å². The highest BCUT2D eigenvalue weighted by Crippen LogP contribution is 2.37. The number of nitrogens with zero attached hydrogens (tertiary/aromatic N) is 2. The highest BCUT2D eigenvalue weighted by Gasteiger charge is 2.23. The number of hydrogen-bond donors (Lipinski definition) is 2. The largest absolute Gasteiger partial charge is 0.489 e. The first-order chi connectivity index (χ1) is 19.5. The Morgan fingerprint density at radius 1 is 0.925 bits per heavy atom. The zero-order chi connectivity index (χ0) is 27.6. The van der Waals surface area contributed by atoms with Crippen molar-refractivity contribution in [1.82, 2.24) is 9.55 Å². The second kappa shape index (κ2) is 11.1. The highest BCUT2D eigenvalue weighted by molar-refractivity contribution is 6.30. The number of imidazole rings is 1. The first kappa shape index (κ1) is 26.0. The van der Waals surface area contributed by atoms with Gasteiger partial charge in [0.2, 0.25) is 0 Å². The van der Waals surface area contributed by atoms with Crippen LogP contribution < -0.4 is 10.5 Å². The molecule has 202 valence electrons. The summed E-state index contributed by atoms with van der Waals surface area (Å²) in [6.07, 6.45) is 5.81. The number of carbonyl (C=O) groups is 1. The van der Waals surface area contributed by atoms with E-state index in [9.17, 15) is 9.90 Å². The molecule has 5 aromatic rings. The fraction of sp³-hybridized carbons (Fsp3) is 0.212. The number of fused-ring (bicyclic) bond motifs is 1. The molecule has 1 saturated carbocycles. The maximum absolute atomic E-state index is 11.6. The van der Waals surface area contributed by atoms with Crippen LogP contribution in [0.4, 0.5) is 5.69 Å². The van der Waals surface area contributed by atoms with Crippen LogP contribution in [0.5, 0.6) is 5.75 Å². The molecule has 0 spiro atoms. The summed E-state index contributed by atoms with van der Waals surface area (Å²) in [6, 6.07) is 27.1. The molecule has 0 radical (unpaired) electrons. The van der Waals surface area contributed by atoms with Crippen LogP contribution in [-0.2, 0) is 6.61 Å². The third kappa shape index (κ3) is 5.27. The lowest BCUT2D eigenvalue weighted by Crippen LogP contribution is -2.14. The number of anilines is 1. The molecule has 7 heteroatoms. The summed E-state index contributed by atoms with van der Waals surface area (Å²) in [7, 11) is 0. The second-order valence-electron chi connectivity index (χ2n) is 10.3. The predicted molar refractivity (Wildman–Crippen MR) is 160 cm³/mol. The van der Waals surface area contributed by atoms with E-state index >= 15 is 0 Å². The Morgan fingerprint density at radius 3 is 2.38 bits per heavy atom. The van der Waals surface area contributed by atoms with Gasteiger partial charge in [-0.3, -0.25) is 0 Å². The first-order valence-corrected chi connectivity index (χ1v) is 14.0. The number of hydrogen-bond acceptors (Lipinski definition) is 4. The van der Waals surface area contributed by atoms with E-state index in [1.807, 2.05) is 72.8 Å². The van der Waals surface area contributed by atoms with Gasteiger partial charge in [0.15, 0.2) is 0 Å². The predicted octanol–water partition coefficient (Wildman–Crippen LogP) is 8.39. The third-order valence-corrected chi connectivity index (χ3v) is 7.92. The van der Waals surface area contributed by atoms with E-state index < -0.39 is 5.97 Å². The van der Waals surface area contributed by atoms with Crippen LogP contribution in [0.1, 0.15) is 54.1 Å². The molecule has 1 fully saturated rings. The summed E-state index contributed by atoms with van der Waals surface area (Å²) in [5, 5.41) is 10.2. The third-order valence-electron chi connectivity index (χ3n) is 7.67. The molecule has 0 saturated heterocycles. The Kier molecular flexibility index (Phi) is 7.18. The molecule has 0 unspecified atom stereocenters. The van der Waals surface area contributed by atoms with Crippen LogP contribution >= 0.6 is 11.6 Å². The Labute approximate surface area is 238 Å². The van der Waals surface area contributed by atoms with Crippen LogP contribution in [0.2, 0.25) is 5.02 Å². The minimum absolute atomic E-state index is 0.246. The molecule has 0 bridgehead atoms. The Balaban J connectivity index is 1.28. The molecule has 6 nitrogen and oxygen atoms in total. The molecule has 4 aromatic carbocycles. The van der Waals surface area contributed by atoms with Gasteiger partial charge in [0.05, 0.1) is 16.6 Å². The van der Waals surface area contributed by atoms with Crippen molar-refractivity contribution in [3.8, 4) is 28.3 Å². The van der Waals surface area contributed by atoms with Crippen LogP contribution in [-0.4, -0.2) is 20.6 Å². The molecular formula is C33H30ClN3O3. The zero-order valence-electron chi connectivity index (χ0n) is 22.0. The number of aromatic carboxylic acids is 1. The standard InChI is InChI=1S/C33H30ClN3O3/c34-25-11-6-21(7-12-25)29-16-13-26(35)18-24(29)20-40-28-14-8-22(9-15-28)32-36-30-19-23(33(38)39)10-17-31(30)37(32)27-4-2-1-3-5-27/h6-19,27H,1-5,20,35H2,(H,38,39). The molecule has 0 atom stereocenters. The van der Waals surface area contributed by atoms with Gasteiger partial charge in [0, 0.05) is 22.3 Å². The number of benzene rings is 4. The lowest BCUT2D eigenvalue weighted by Gasteiger charge is -2.25. The summed E-state index contributed by atoms with van der Waals surface area (Å²) >= 11 is 6.08. The number of nitrogen functional groups attached to an aromatic ring is 1. The Morgan fingerprint density at radius 2 is 1.65 bits per heavy atom. The van der Waals surface area contributed by atoms with E-state index in [-0.39, 0.29) is 5.56 Å². The monoisotopic (exact) mass is 551 g/mol. The highest BCUT2D eigenvalue weighted by atomic mass is 35.5. The fourth-order valence-corrected chi connectivity index (χ4v) is 5.78. The maximum Gasteiger partial charge on any atom is 0.335 e. The van der Waals surface area contributed by atoms with E-state index in [4.69, 9.17) is 27.1 Å². The van der Waals surface area contributed by atoms with Crippen molar-refractivity contribution < 1.29 is 14.6 Å². The molecule has 0 amide bonds. The number of rotatable bonds is 7. The van der Waals surface area contributed by atoms with Gasteiger partial charge >= 0.3 is 5.97 Å². The second-order valence-corrected chi connectivity index (χ2v) is 10.8. The number of aromatic nitrogens is 2. The molecule has 3 N–H and O–H groups in total. The van der Waals surface area contributed by atoms with Gasteiger partial charge < -0.3 is 20.1 Å². The van der Waals surface area contributed by atoms with Gasteiger partial charge in [0.25, 0.3) is 0 Å². The fourth-order valence-electron chi connectivity index (χ4n) is 5.65. The van der Waals surface area contributed by atoms with Crippen molar-refractivity contribution in [1.29, 1.82) is 0 Å². The van der Waals surface area contributed by atoms with E-state index in [2.05, 4.69) is 4.57 Å². The zero-order valence-corrected chi connectivity index (χ0v) is 22.8. The van der Waals surface area contributed by atoms with Gasteiger partial charge in [-0.15, -0.1) is 0 Å².